The van der Waals surface area contributed by atoms with Gasteiger partial charge in [-0.05, 0) is 48.2 Å². The maximum atomic E-state index is 8.58. The second kappa shape index (κ2) is 8.12. The largest absolute Gasteiger partial charge is 0.497 e. The molecule has 6 nitrogen and oxygen atoms in total. The van der Waals surface area contributed by atoms with Crippen molar-refractivity contribution in [2.24, 2.45) is 16.8 Å². The second-order valence-electron chi connectivity index (χ2n) is 6.58. The normalized spacial score (nSPS) is 19.8. The lowest BCUT2D eigenvalue weighted by Gasteiger charge is -2.29. The van der Waals surface area contributed by atoms with Crippen LogP contribution in [0.25, 0.3) is 0 Å². The summed E-state index contributed by atoms with van der Waals surface area (Å²) in [6.07, 6.45) is 2.46. The minimum absolute atomic E-state index is 0.250. The first-order valence-corrected chi connectivity index (χ1v) is 8.90. The molecule has 0 aromatic heterocycles. The molecule has 2 aromatic carbocycles. The minimum Gasteiger partial charge on any atom is -0.497 e. The zero-order valence-electron chi connectivity index (χ0n) is 15.9. The van der Waals surface area contributed by atoms with E-state index in [0.717, 1.165) is 24.3 Å². The molecule has 0 saturated heterocycles. The van der Waals surface area contributed by atoms with E-state index in [-0.39, 0.29) is 12.5 Å². The Hall–Kier alpha value is -3.02. The van der Waals surface area contributed by atoms with E-state index in [4.69, 9.17) is 19.4 Å². The van der Waals surface area contributed by atoms with Crippen LogP contribution in [-0.4, -0.2) is 38.4 Å². The third-order valence-electron chi connectivity index (χ3n) is 5.18. The molecular weight excluding hydrogens is 342 g/mol. The fourth-order valence-electron chi connectivity index (χ4n) is 3.96. The summed E-state index contributed by atoms with van der Waals surface area (Å²) in [6, 6.07) is 15.0. The number of amides is 1. The molecule has 1 aliphatic carbocycles. The average Bonchev–Trinajstić information content (AvgIpc) is 3.04. The number of hydrogen-bond acceptors (Lipinski definition) is 5. The Balaban J connectivity index is 0.000000659. The van der Waals surface area contributed by atoms with Crippen molar-refractivity contribution < 1.29 is 14.3 Å². The molecule has 27 heavy (non-hydrogen) atoms. The summed E-state index contributed by atoms with van der Waals surface area (Å²) in [6.45, 7) is 0. The van der Waals surface area contributed by atoms with Gasteiger partial charge in [0.2, 0.25) is 6.41 Å². The van der Waals surface area contributed by atoms with E-state index in [1.165, 1.54) is 22.4 Å². The predicted octanol–water partition coefficient (Wildman–Crippen LogP) is 2.76. The minimum atomic E-state index is 0.250. The van der Waals surface area contributed by atoms with Crippen molar-refractivity contribution in [2.75, 3.05) is 21.3 Å². The number of fused-ring (bicyclic) bond motifs is 3. The number of aryl methyl sites for hydroxylation is 1. The van der Waals surface area contributed by atoms with Crippen molar-refractivity contribution in [3.05, 3.63) is 59.2 Å². The zero-order chi connectivity index (χ0) is 19.4. The highest BCUT2D eigenvalue weighted by Crippen LogP contribution is 2.43. The maximum Gasteiger partial charge on any atom is 0.204 e. The highest BCUT2D eigenvalue weighted by Gasteiger charge is 2.40. The van der Waals surface area contributed by atoms with Gasteiger partial charge in [0.25, 0.3) is 0 Å². The standard InChI is InChI=1S/C20H22N2O2.CH3NO/c1-22-20(14-5-8-15(23-2)9-6-14)17-11-7-13-4-10-16(24-3)12-18(13)19(17)21-22;2-1-3/h4-6,8-10,12,17,20H,7,11H2,1-3H3;1H,(H2,2,3). The Labute approximate surface area is 159 Å². The van der Waals surface area contributed by atoms with Crippen LogP contribution in [0.4, 0.5) is 0 Å². The number of hydrazone groups is 1. The van der Waals surface area contributed by atoms with Crippen LogP contribution >= 0.6 is 0 Å². The maximum absolute atomic E-state index is 8.58. The van der Waals surface area contributed by atoms with E-state index >= 15 is 0 Å². The number of nitrogens with two attached hydrogens (primary N) is 1. The number of ether oxygens (including phenoxy) is 2. The van der Waals surface area contributed by atoms with Gasteiger partial charge in [-0.3, -0.25) is 9.80 Å². The predicted molar refractivity (Wildman–Crippen MR) is 105 cm³/mol. The summed E-state index contributed by atoms with van der Waals surface area (Å²) < 4.78 is 10.7. The van der Waals surface area contributed by atoms with Crippen LogP contribution in [-0.2, 0) is 11.2 Å². The van der Waals surface area contributed by atoms with E-state index in [1.54, 1.807) is 14.2 Å². The molecule has 0 bridgehead atoms. The quantitative estimate of drug-likeness (QED) is 0.846. The number of carbonyl (C=O) groups is 1. The molecular formula is C21H25N3O3. The fraction of sp³-hybridized carbons (Fsp3) is 0.333. The first kappa shape index (κ1) is 18.8. The molecule has 2 aromatic rings. The van der Waals surface area contributed by atoms with Crippen molar-refractivity contribution in [1.82, 2.24) is 5.01 Å². The van der Waals surface area contributed by atoms with Gasteiger partial charge < -0.3 is 15.2 Å². The van der Waals surface area contributed by atoms with Gasteiger partial charge in [-0.25, -0.2) is 0 Å². The van der Waals surface area contributed by atoms with Crippen LogP contribution in [0.5, 0.6) is 11.5 Å². The molecule has 2 atom stereocenters. The van der Waals surface area contributed by atoms with Crippen LogP contribution < -0.4 is 15.2 Å². The van der Waals surface area contributed by atoms with Gasteiger partial charge in [0, 0.05) is 18.5 Å². The Morgan fingerprint density at radius 1 is 1.11 bits per heavy atom. The fourth-order valence-corrected chi connectivity index (χ4v) is 3.96. The van der Waals surface area contributed by atoms with Crippen molar-refractivity contribution in [3.8, 4) is 11.5 Å². The molecule has 1 heterocycles. The molecule has 1 aliphatic heterocycles. The summed E-state index contributed by atoms with van der Waals surface area (Å²) >= 11 is 0. The van der Waals surface area contributed by atoms with Crippen molar-refractivity contribution in [1.29, 1.82) is 0 Å². The lowest BCUT2D eigenvalue weighted by atomic mass is 9.77. The SMILES string of the molecule is COc1ccc(C2C3CCc4ccc(OC)cc4C3=NN2C)cc1.NC=O. The van der Waals surface area contributed by atoms with Gasteiger partial charge in [-0.15, -0.1) is 0 Å². The molecule has 4 rings (SSSR count). The zero-order valence-corrected chi connectivity index (χ0v) is 15.9. The number of nitrogens with zero attached hydrogens (tertiary/aromatic N) is 2. The average molecular weight is 367 g/mol. The van der Waals surface area contributed by atoms with E-state index in [9.17, 15) is 0 Å². The van der Waals surface area contributed by atoms with Crippen LogP contribution in [0.15, 0.2) is 47.6 Å². The lowest BCUT2D eigenvalue weighted by molar-refractivity contribution is -0.106. The van der Waals surface area contributed by atoms with Gasteiger partial charge in [0.05, 0.1) is 26.0 Å². The number of carbonyl (C=O) groups excluding carboxylic acids is 1. The third-order valence-corrected chi connectivity index (χ3v) is 5.18. The van der Waals surface area contributed by atoms with Crippen LogP contribution in [0.1, 0.15) is 29.2 Å². The number of primary amides is 1. The Kier molecular flexibility index (Phi) is 5.64. The first-order chi connectivity index (χ1) is 13.1. The molecule has 2 unspecified atom stereocenters. The summed E-state index contributed by atoms with van der Waals surface area (Å²) in [5, 5.41) is 7.00. The molecule has 0 saturated carbocycles. The van der Waals surface area contributed by atoms with Crippen molar-refractivity contribution in [3.63, 3.8) is 0 Å². The van der Waals surface area contributed by atoms with Crippen molar-refractivity contribution in [2.45, 2.75) is 18.9 Å². The molecule has 6 heteroatoms. The highest BCUT2D eigenvalue weighted by atomic mass is 16.5. The summed E-state index contributed by atoms with van der Waals surface area (Å²) in [5.74, 6) is 2.20. The molecule has 0 spiro atoms. The summed E-state index contributed by atoms with van der Waals surface area (Å²) in [7, 11) is 5.48. The van der Waals surface area contributed by atoms with Crippen molar-refractivity contribution >= 4 is 12.1 Å². The van der Waals surface area contributed by atoms with Gasteiger partial charge in [0.1, 0.15) is 11.5 Å². The van der Waals surface area contributed by atoms with Crippen LogP contribution in [0.3, 0.4) is 0 Å². The van der Waals surface area contributed by atoms with Gasteiger partial charge >= 0.3 is 0 Å². The Bertz CT molecular complexity index is 833. The second-order valence-corrected chi connectivity index (χ2v) is 6.58. The number of benzene rings is 2. The monoisotopic (exact) mass is 367 g/mol. The van der Waals surface area contributed by atoms with Crippen LogP contribution in [0, 0.1) is 5.92 Å². The molecule has 1 amide bonds. The summed E-state index contributed by atoms with van der Waals surface area (Å²) in [4.78, 5) is 8.58. The molecule has 2 aliphatic rings. The smallest absolute Gasteiger partial charge is 0.204 e. The lowest BCUT2D eigenvalue weighted by Crippen LogP contribution is -2.27. The number of rotatable bonds is 3. The number of methoxy groups -OCH3 is 2. The van der Waals surface area contributed by atoms with E-state index < -0.39 is 0 Å². The molecule has 0 radical (unpaired) electrons. The van der Waals surface area contributed by atoms with E-state index in [2.05, 4.69) is 42.1 Å². The number of hydrogen-bond donors (Lipinski definition) is 1. The summed E-state index contributed by atoms with van der Waals surface area (Å²) in [5.41, 5.74) is 9.26. The van der Waals surface area contributed by atoms with Crippen LogP contribution in [0.2, 0.25) is 0 Å². The van der Waals surface area contributed by atoms with E-state index in [0.29, 0.717) is 5.92 Å². The topological polar surface area (TPSA) is 77.2 Å². The molecule has 2 N–H and O–H groups in total. The van der Waals surface area contributed by atoms with Gasteiger partial charge in [-0.2, -0.15) is 5.10 Å². The van der Waals surface area contributed by atoms with E-state index in [1.807, 2.05) is 18.2 Å². The van der Waals surface area contributed by atoms with Gasteiger partial charge in [0.15, 0.2) is 0 Å². The highest BCUT2D eigenvalue weighted by molar-refractivity contribution is 6.06. The van der Waals surface area contributed by atoms with Gasteiger partial charge in [-0.1, -0.05) is 18.2 Å². The molecule has 142 valence electrons. The Morgan fingerprint density at radius 3 is 2.37 bits per heavy atom. The Morgan fingerprint density at radius 2 is 1.74 bits per heavy atom. The third kappa shape index (κ3) is 3.60. The first-order valence-electron chi connectivity index (χ1n) is 8.90. The molecule has 0 fully saturated rings.